The maximum absolute atomic E-state index is 5.87. The maximum Gasteiger partial charge on any atom is 0.142 e. The summed E-state index contributed by atoms with van der Waals surface area (Å²) in [5.41, 5.74) is -0.296. The highest BCUT2D eigenvalue weighted by Crippen LogP contribution is 2.20. The molecule has 4 heteroatoms. The van der Waals surface area contributed by atoms with Crippen LogP contribution in [0.2, 0.25) is 0 Å². The third-order valence-electron chi connectivity index (χ3n) is 1.73. The van der Waals surface area contributed by atoms with Crippen molar-refractivity contribution in [2.45, 2.75) is 58.2 Å². The molecule has 0 aromatic heterocycles. The predicted octanol–water partition coefficient (Wildman–Crippen LogP) is 2.03. The lowest BCUT2D eigenvalue weighted by atomic mass is 10.3. The molecule has 0 radical (unpaired) electrons. The SMILES string of the molecule is CC(C)OC([SiH3])(CCCBr)OC(C)C. The minimum Gasteiger partial charge on any atom is -0.352 e. The molecule has 0 aromatic carbocycles. The van der Waals surface area contributed by atoms with Crippen LogP contribution in [-0.2, 0) is 9.47 Å². The molecule has 2 nitrogen and oxygen atoms in total. The van der Waals surface area contributed by atoms with Gasteiger partial charge < -0.3 is 9.47 Å². The van der Waals surface area contributed by atoms with Gasteiger partial charge in [0.2, 0.25) is 0 Å². The number of alkyl halides is 1. The van der Waals surface area contributed by atoms with E-state index in [1.807, 2.05) is 0 Å². The highest BCUT2D eigenvalue weighted by atomic mass is 79.9. The molecule has 0 rings (SSSR count). The predicted molar refractivity (Wildman–Crippen MR) is 68.1 cm³/mol. The van der Waals surface area contributed by atoms with Crippen molar-refractivity contribution in [3.8, 4) is 0 Å². The summed E-state index contributed by atoms with van der Waals surface area (Å²) in [6.07, 6.45) is 2.56. The molecule has 0 unspecified atom stereocenters. The van der Waals surface area contributed by atoms with E-state index in [0.29, 0.717) is 0 Å². The normalized spacial score (nSPS) is 13.1. The average Bonchev–Trinajstić information content (AvgIpc) is 1.97. The molecule has 0 aliphatic carbocycles. The summed E-state index contributed by atoms with van der Waals surface area (Å²) in [6.45, 7) is 8.24. The molecule has 0 saturated heterocycles. The second-order valence-electron chi connectivity index (χ2n) is 4.26. The molecule has 0 heterocycles. The molecular formula is C10H23BrO2Si. The van der Waals surface area contributed by atoms with Gasteiger partial charge in [-0.25, -0.2) is 0 Å². The number of rotatable bonds is 7. The molecule has 0 aliphatic heterocycles. The van der Waals surface area contributed by atoms with Crippen LogP contribution >= 0.6 is 15.9 Å². The Morgan fingerprint density at radius 1 is 1.14 bits per heavy atom. The van der Waals surface area contributed by atoms with E-state index >= 15 is 0 Å². The first-order valence-corrected chi connectivity index (χ1v) is 7.43. The van der Waals surface area contributed by atoms with Crippen molar-refractivity contribution in [1.82, 2.24) is 0 Å². The smallest absolute Gasteiger partial charge is 0.142 e. The highest BCUT2D eigenvalue weighted by molar-refractivity contribution is 9.09. The van der Waals surface area contributed by atoms with E-state index in [1.54, 1.807) is 0 Å². The molecule has 14 heavy (non-hydrogen) atoms. The standard InChI is InChI=1S/C10H23BrO2Si/c1-8(2)12-10(14,6-5-7-11)13-9(3)4/h8-9H,5-7H2,1-4,14H3. The maximum atomic E-state index is 5.87. The largest absolute Gasteiger partial charge is 0.352 e. The summed E-state index contributed by atoms with van der Waals surface area (Å²) in [7, 11) is 0.913. The van der Waals surface area contributed by atoms with Crippen LogP contribution in [0.3, 0.4) is 0 Å². The van der Waals surface area contributed by atoms with E-state index in [4.69, 9.17) is 9.47 Å². The van der Waals surface area contributed by atoms with E-state index in [1.165, 1.54) is 0 Å². The van der Waals surface area contributed by atoms with Gasteiger partial charge in [-0.2, -0.15) is 0 Å². The Balaban J connectivity index is 4.17. The lowest BCUT2D eigenvalue weighted by molar-refractivity contribution is -0.217. The molecule has 0 saturated carbocycles. The van der Waals surface area contributed by atoms with E-state index in [9.17, 15) is 0 Å². The Labute approximate surface area is 99.3 Å². The second-order valence-corrected chi connectivity index (χ2v) is 6.58. The second kappa shape index (κ2) is 6.98. The van der Waals surface area contributed by atoms with Gasteiger partial charge in [0.15, 0.2) is 0 Å². The van der Waals surface area contributed by atoms with Crippen LogP contribution in [0.15, 0.2) is 0 Å². The van der Waals surface area contributed by atoms with Gasteiger partial charge in [-0.1, -0.05) is 15.9 Å². The minimum atomic E-state index is -0.296. The lowest BCUT2D eigenvalue weighted by Gasteiger charge is -2.34. The molecule has 0 amide bonds. The van der Waals surface area contributed by atoms with Crippen LogP contribution in [0.5, 0.6) is 0 Å². The number of ether oxygens (including phenoxy) is 2. The third-order valence-corrected chi connectivity index (χ3v) is 3.27. The van der Waals surface area contributed by atoms with E-state index in [-0.39, 0.29) is 17.6 Å². The van der Waals surface area contributed by atoms with Gasteiger partial charge in [-0.05, 0) is 40.5 Å². The Bertz CT molecular complexity index is 141. The summed E-state index contributed by atoms with van der Waals surface area (Å²) in [6, 6.07) is 0. The van der Waals surface area contributed by atoms with Crippen LogP contribution in [0.1, 0.15) is 40.5 Å². The summed E-state index contributed by atoms with van der Waals surface area (Å²) in [4.78, 5) is 0. The zero-order chi connectivity index (χ0) is 11.2. The summed E-state index contributed by atoms with van der Waals surface area (Å²) in [5.74, 6) is 0. The first-order valence-electron chi connectivity index (χ1n) is 5.31. The van der Waals surface area contributed by atoms with Gasteiger partial charge in [0.1, 0.15) is 5.41 Å². The molecule has 0 aromatic rings. The van der Waals surface area contributed by atoms with Gasteiger partial charge in [0, 0.05) is 5.33 Å². The van der Waals surface area contributed by atoms with Crippen molar-refractivity contribution in [1.29, 1.82) is 0 Å². The number of hydrogen-bond acceptors (Lipinski definition) is 2. The summed E-state index contributed by atoms with van der Waals surface area (Å²) in [5, 5.41) is 1.01. The zero-order valence-corrected chi connectivity index (χ0v) is 13.6. The van der Waals surface area contributed by atoms with Crippen LogP contribution < -0.4 is 0 Å². The fraction of sp³-hybridized carbons (Fsp3) is 1.00. The Hall–Kier alpha value is 0.617. The zero-order valence-electron chi connectivity index (χ0n) is 9.97. The van der Waals surface area contributed by atoms with Gasteiger partial charge in [-0.15, -0.1) is 0 Å². The minimum absolute atomic E-state index is 0.238. The van der Waals surface area contributed by atoms with Crippen LogP contribution in [0, 0.1) is 0 Å². The fourth-order valence-electron chi connectivity index (χ4n) is 1.53. The lowest BCUT2D eigenvalue weighted by Crippen LogP contribution is -2.41. The van der Waals surface area contributed by atoms with E-state index in [0.717, 1.165) is 28.4 Å². The van der Waals surface area contributed by atoms with Crippen molar-refractivity contribution < 1.29 is 9.47 Å². The molecular weight excluding hydrogens is 260 g/mol. The molecule has 0 bridgehead atoms. The van der Waals surface area contributed by atoms with Crippen molar-refractivity contribution in [3.05, 3.63) is 0 Å². The molecule has 0 fully saturated rings. The number of halogens is 1. The van der Waals surface area contributed by atoms with Crippen LogP contribution in [-0.4, -0.2) is 33.2 Å². The number of hydrogen-bond donors (Lipinski definition) is 0. The quantitative estimate of drug-likeness (QED) is 0.404. The van der Waals surface area contributed by atoms with Crippen LogP contribution in [0.4, 0.5) is 0 Å². The fourth-order valence-corrected chi connectivity index (χ4v) is 3.11. The van der Waals surface area contributed by atoms with E-state index < -0.39 is 0 Å². The Morgan fingerprint density at radius 2 is 1.57 bits per heavy atom. The van der Waals surface area contributed by atoms with Crippen molar-refractivity contribution in [2.24, 2.45) is 0 Å². The molecule has 0 atom stereocenters. The first-order chi connectivity index (χ1) is 6.39. The monoisotopic (exact) mass is 282 g/mol. The van der Waals surface area contributed by atoms with Gasteiger partial charge in [0.05, 0.1) is 22.5 Å². The van der Waals surface area contributed by atoms with Gasteiger partial charge >= 0.3 is 0 Å². The van der Waals surface area contributed by atoms with Crippen molar-refractivity contribution in [2.75, 3.05) is 5.33 Å². The van der Waals surface area contributed by atoms with Crippen molar-refractivity contribution >= 4 is 26.2 Å². The Kier molecular flexibility index (Phi) is 7.29. The Morgan fingerprint density at radius 3 is 1.86 bits per heavy atom. The molecule has 86 valence electrons. The van der Waals surface area contributed by atoms with Gasteiger partial charge in [0.25, 0.3) is 0 Å². The third kappa shape index (κ3) is 6.98. The van der Waals surface area contributed by atoms with Crippen molar-refractivity contribution in [3.63, 3.8) is 0 Å². The molecule has 0 spiro atoms. The molecule has 0 N–H and O–H groups in total. The van der Waals surface area contributed by atoms with Gasteiger partial charge in [-0.3, -0.25) is 0 Å². The van der Waals surface area contributed by atoms with E-state index in [2.05, 4.69) is 43.6 Å². The highest BCUT2D eigenvalue weighted by Gasteiger charge is 2.27. The summed E-state index contributed by atoms with van der Waals surface area (Å²) >= 11 is 3.44. The first kappa shape index (κ1) is 14.6. The summed E-state index contributed by atoms with van der Waals surface area (Å²) < 4.78 is 11.7. The van der Waals surface area contributed by atoms with Crippen LogP contribution in [0.25, 0.3) is 0 Å². The molecule has 0 aliphatic rings. The average molecular weight is 283 g/mol. The topological polar surface area (TPSA) is 18.5 Å².